The van der Waals surface area contributed by atoms with E-state index in [-0.39, 0.29) is 5.92 Å². The first-order valence-electron chi connectivity index (χ1n) is 5.22. The number of rotatable bonds is 5. The second-order valence-corrected chi connectivity index (χ2v) is 3.92. The number of nitrogens with two attached hydrogens (primary N) is 1. The molecule has 2 unspecified atom stereocenters. The van der Waals surface area contributed by atoms with Crippen molar-refractivity contribution < 1.29 is 9.84 Å². The molecular weight excluding hydrogens is 190 g/mol. The largest absolute Gasteiger partial charge is 0.494 e. The molecule has 2 atom stereocenters. The van der Waals surface area contributed by atoms with Gasteiger partial charge in [-0.15, -0.1) is 0 Å². The van der Waals surface area contributed by atoms with E-state index in [4.69, 9.17) is 15.6 Å². The number of ether oxygens (including phenoxy) is 1. The van der Waals surface area contributed by atoms with Gasteiger partial charge in [0.05, 0.1) is 6.61 Å². The van der Waals surface area contributed by atoms with Gasteiger partial charge in [0, 0.05) is 0 Å². The number of hydrogen-bond donors (Lipinski definition) is 2. The Balaban J connectivity index is 2.29. The van der Waals surface area contributed by atoms with Crippen LogP contribution in [0, 0.1) is 12.8 Å². The highest BCUT2D eigenvalue weighted by Crippen LogP contribution is 2.13. The third kappa shape index (κ3) is 4.32. The standard InChI is InChI=1S/C12H19NO2/c1-9-3-5-11(6-4-9)15-8-7-10(2)12(13)14/h3-6,10,12,14H,7-8,13H2,1-2H3. The zero-order valence-electron chi connectivity index (χ0n) is 9.31. The predicted octanol–water partition coefficient (Wildman–Crippen LogP) is 1.68. The third-order valence-corrected chi connectivity index (χ3v) is 2.45. The van der Waals surface area contributed by atoms with Crippen LogP contribution in [-0.4, -0.2) is 17.9 Å². The van der Waals surface area contributed by atoms with E-state index in [1.165, 1.54) is 5.56 Å². The molecule has 3 heteroatoms. The second-order valence-electron chi connectivity index (χ2n) is 3.92. The lowest BCUT2D eigenvalue weighted by molar-refractivity contribution is 0.107. The highest BCUT2D eigenvalue weighted by Gasteiger charge is 2.08. The smallest absolute Gasteiger partial charge is 0.119 e. The zero-order valence-corrected chi connectivity index (χ0v) is 9.31. The van der Waals surface area contributed by atoms with Crippen LogP contribution in [0.5, 0.6) is 5.75 Å². The van der Waals surface area contributed by atoms with E-state index in [9.17, 15) is 0 Å². The average Bonchev–Trinajstić information content (AvgIpc) is 2.20. The summed E-state index contributed by atoms with van der Waals surface area (Å²) in [6.07, 6.45) is -0.00226. The first-order chi connectivity index (χ1) is 7.09. The van der Waals surface area contributed by atoms with Gasteiger partial charge in [-0.2, -0.15) is 0 Å². The number of aliphatic hydroxyl groups excluding tert-OH is 1. The van der Waals surface area contributed by atoms with Crippen LogP contribution in [0.25, 0.3) is 0 Å². The van der Waals surface area contributed by atoms with Crippen molar-refractivity contribution in [3.8, 4) is 5.75 Å². The summed E-state index contributed by atoms with van der Waals surface area (Å²) in [7, 11) is 0. The summed E-state index contributed by atoms with van der Waals surface area (Å²) in [6, 6.07) is 7.91. The number of benzene rings is 1. The Bertz CT molecular complexity index is 282. The van der Waals surface area contributed by atoms with Gasteiger partial charge < -0.3 is 15.6 Å². The van der Waals surface area contributed by atoms with Crippen molar-refractivity contribution in [2.75, 3.05) is 6.61 Å². The molecular formula is C12H19NO2. The van der Waals surface area contributed by atoms with Gasteiger partial charge in [-0.25, -0.2) is 0 Å². The van der Waals surface area contributed by atoms with E-state index in [0.717, 1.165) is 12.2 Å². The van der Waals surface area contributed by atoms with Gasteiger partial charge in [-0.05, 0) is 31.4 Å². The Labute approximate surface area is 90.9 Å². The molecule has 0 radical (unpaired) electrons. The first kappa shape index (κ1) is 12.0. The lowest BCUT2D eigenvalue weighted by Crippen LogP contribution is -2.28. The lowest BCUT2D eigenvalue weighted by atomic mass is 10.1. The topological polar surface area (TPSA) is 55.5 Å². The molecule has 0 saturated carbocycles. The maximum atomic E-state index is 9.08. The van der Waals surface area contributed by atoms with Crippen LogP contribution < -0.4 is 10.5 Å². The summed E-state index contributed by atoms with van der Waals surface area (Å²) in [6.45, 7) is 4.53. The van der Waals surface area contributed by atoms with Gasteiger partial charge in [0.2, 0.25) is 0 Å². The fourth-order valence-corrected chi connectivity index (χ4v) is 1.17. The van der Waals surface area contributed by atoms with Crippen LogP contribution in [0.15, 0.2) is 24.3 Å². The molecule has 15 heavy (non-hydrogen) atoms. The number of hydrogen-bond acceptors (Lipinski definition) is 3. The van der Waals surface area contributed by atoms with Crippen molar-refractivity contribution >= 4 is 0 Å². The molecule has 3 N–H and O–H groups in total. The summed E-state index contributed by atoms with van der Waals surface area (Å²) in [4.78, 5) is 0. The molecule has 0 spiro atoms. The molecule has 0 heterocycles. The van der Waals surface area contributed by atoms with Crippen molar-refractivity contribution in [2.24, 2.45) is 11.7 Å². The summed E-state index contributed by atoms with van der Waals surface area (Å²) in [5.41, 5.74) is 6.55. The fourth-order valence-electron chi connectivity index (χ4n) is 1.17. The Morgan fingerprint density at radius 1 is 1.33 bits per heavy atom. The summed E-state index contributed by atoms with van der Waals surface area (Å²) in [5.74, 6) is 0.926. The predicted molar refractivity (Wildman–Crippen MR) is 60.6 cm³/mol. The number of aryl methyl sites for hydroxylation is 1. The van der Waals surface area contributed by atoms with Gasteiger partial charge in [0.15, 0.2) is 0 Å². The van der Waals surface area contributed by atoms with E-state index in [1.54, 1.807) is 0 Å². The molecule has 0 aliphatic heterocycles. The summed E-state index contributed by atoms with van der Waals surface area (Å²) >= 11 is 0. The zero-order chi connectivity index (χ0) is 11.3. The van der Waals surface area contributed by atoms with Crippen LogP contribution in [0.1, 0.15) is 18.9 Å². The molecule has 0 aliphatic rings. The number of aliphatic hydroxyl groups is 1. The van der Waals surface area contributed by atoms with Gasteiger partial charge in [-0.1, -0.05) is 24.6 Å². The normalized spacial score (nSPS) is 14.7. The molecule has 0 fully saturated rings. The summed E-state index contributed by atoms with van der Waals surface area (Å²) < 4.78 is 5.52. The highest BCUT2D eigenvalue weighted by atomic mass is 16.5. The van der Waals surface area contributed by atoms with E-state index < -0.39 is 6.23 Å². The first-order valence-corrected chi connectivity index (χ1v) is 5.22. The van der Waals surface area contributed by atoms with Crippen LogP contribution in [0.2, 0.25) is 0 Å². The Hall–Kier alpha value is -1.06. The second kappa shape index (κ2) is 5.73. The SMILES string of the molecule is Cc1ccc(OCCC(C)C(N)O)cc1. The van der Waals surface area contributed by atoms with E-state index in [1.807, 2.05) is 38.1 Å². The van der Waals surface area contributed by atoms with Gasteiger partial charge in [-0.3, -0.25) is 0 Å². The molecule has 3 nitrogen and oxygen atoms in total. The molecule has 1 aromatic rings. The van der Waals surface area contributed by atoms with Crippen molar-refractivity contribution in [3.05, 3.63) is 29.8 Å². The molecule has 0 bridgehead atoms. The highest BCUT2D eigenvalue weighted by molar-refractivity contribution is 5.26. The van der Waals surface area contributed by atoms with Gasteiger partial charge in [0.1, 0.15) is 12.0 Å². The molecule has 0 aliphatic carbocycles. The fraction of sp³-hybridized carbons (Fsp3) is 0.500. The van der Waals surface area contributed by atoms with Crippen LogP contribution >= 0.6 is 0 Å². The maximum Gasteiger partial charge on any atom is 0.119 e. The van der Waals surface area contributed by atoms with Crippen molar-refractivity contribution in [2.45, 2.75) is 26.5 Å². The molecule has 1 rings (SSSR count). The van der Waals surface area contributed by atoms with Crippen molar-refractivity contribution in [1.29, 1.82) is 0 Å². The molecule has 1 aromatic carbocycles. The Morgan fingerprint density at radius 2 is 1.93 bits per heavy atom. The van der Waals surface area contributed by atoms with Crippen LogP contribution in [0.3, 0.4) is 0 Å². The van der Waals surface area contributed by atoms with Gasteiger partial charge in [0.25, 0.3) is 0 Å². The minimum Gasteiger partial charge on any atom is -0.494 e. The molecule has 0 saturated heterocycles. The molecule has 0 amide bonds. The summed E-state index contributed by atoms with van der Waals surface area (Å²) in [5, 5.41) is 9.08. The van der Waals surface area contributed by atoms with E-state index in [0.29, 0.717) is 6.61 Å². The van der Waals surface area contributed by atoms with Gasteiger partial charge >= 0.3 is 0 Å². The van der Waals surface area contributed by atoms with Crippen LogP contribution in [-0.2, 0) is 0 Å². The quantitative estimate of drug-likeness (QED) is 0.725. The average molecular weight is 209 g/mol. The van der Waals surface area contributed by atoms with Crippen molar-refractivity contribution in [1.82, 2.24) is 0 Å². The molecule has 0 aromatic heterocycles. The third-order valence-electron chi connectivity index (χ3n) is 2.45. The minimum absolute atomic E-state index is 0.0652. The molecule has 84 valence electrons. The maximum absolute atomic E-state index is 9.08. The van der Waals surface area contributed by atoms with E-state index in [2.05, 4.69) is 0 Å². The minimum atomic E-state index is -0.758. The van der Waals surface area contributed by atoms with Crippen LogP contribution in [0.4, 0.5) is 0 Å². The van der Waals surface area contributed by atoms with E-state index >= 15 is 0 Å². The Morgan fingerprint density at radius 3 is 2.47 bits per heavy atom. The van der Waals surface area contributed by atoms with Crippen molar-refractivity contribution in [3.63, 3.8) is 0 Å². The Kier molecular flexibility index (Phi) is 4.59. The lowest BCUT2D eigenvalue weighted by Gasteiger charge is -2.14. The monoisotopic (exact) mass is 209 g/mol.